The van der Waals surface area contributed by atoms with E-state index in [-0.39, 0.29) is 25.6 Å². The Morgan fingerprint density at radius 3 is 2.48 bits per heavy atom. The summed E-state index contributed by atoms with van der Waals surface area (Å²) in [7, 11) is 0. The minimum absolute atomic E-state index is 0.0620. The molecule has 0 unspecified atom stereocenters. The second-order valence-corrected chi connectivity index (χ2v) is 6.24. The van der Waals surface area contributed by atoms with Gasteiger partial charge in [-0.3, -0.25) is 4.79 Å². The van der Waals surface area contributed by atoms with Crippen LogP contribution in [0.25, 0.3) is 0 Å². The van der Waals surface area contributed by atoms with Gasteiger partial charge in [0.25, 0.3) is 0 Å². The molecule has 0 bridgehead atoms. The number of ether oxygens (including phenoxy) is 2. The first-order chi connectivity index (χ1) is 11.1. The fourth-order valence-corrected chi connectivity index (χ4v) is 3.39. The van der Waals surface area contributed by atoms with Gasteiger partial charge in [-0.25, -0.2) is 4.79 Å². The number of carboxylic acid groups (broad SMARTS) is 1. The number of amides is 1. The van der Waals surface area contributed by atoms with E-state index in [0.717, 1.165) is 18.4 Å². The van der Waals surface area contributed by atoms with Crippen LogP contribution in [0.1, 0.15) is 18.4 Å². The molecule has 6 nitrogen and oxygen atoms in total. The van der Waals surface area contributed by atoms with Crippen LogP contribution in [0.3, 0.4) is 0 Å². The van der Waals surface area contributed by atoms with E-state index in [1.807, 2.05) is 30.3 Å². The van der Waals surface area contributed by atoms with Crippen molar-refractivity contribution in [2.75, 3.05) is 26.3 Å². The van der Waals surface area contributed by atoms with E-state index < -0.39 is 17.5 Å². The van der Waals surface area contributed by atoms with Crippen LogP contribution in [0.15, 0.2) is 30.3 Å². The number of carbonyl (C=O) groups excluding carboxylic acids is 1. The highest BCUT2D eigenvalue weighted by Gasteiger charge is 2.56. The van der Waals surface area contributed by atoms with Gasteiger partial charge in [-0.05, 0) is 24.3 Å². The quantitative estimate of drug-likeness (QED) is 0.920. The van der Waals surface area contributed by atoms with Crippen LogP contribution in [0.5, 0.6) is 0 Å². The van der Waals surface area contributed by atoms with E-state index in [1.54, 1.807) is 0 Å². The molecule has 1 amide bonds. The van der Waals surface area contributed by atoms with Gasteiger partial charge in [-0.2, -0.15) is 0 Å². The number of nitrogens with zero attached hydrogens (tertiary/aromatic N) is 1. The molecule has 23 heavy (non-hydrogen) atoms. The van der Waals surface area contributed by atoms with Crippen molar-refractivity contribution in [2.45, 2.75) is 19.4 Å². The van der Waals surface area contributed by atoms with Gasteiger partial charge in [0.05, 0.1) is 0 Å². The highest BCUT2D eigenvalue weighted by Crippen LogP contribution is 2.43. The maximum atomic E-state index is 12.1. The van der Waals surface area contributed by atoms with Gasteiger partial charge in [0, 0.05) is 26.3 Å². The molecule has 2 fully saturated rings. The molecule has 2 saturated heterocycles. The molecule has 0 aliphatic carbocycles. The Morgan fingerprint density at radius 1 is 1.22 bits per heavy atom. The maximum Gasteiger partial charge on any atom is 0.410 e. The molecule has 1 N–H and O–H groups in total. The SMILES string of the molecule is O=C(OCc1ccccc1)N1CC(C(=O)O)(C2CCOCC2)C1. The van der Waals surface area contributed by atoms with Crippen molar-refractivity contribution in [3.8, 4) is 0 Å². The van der Waals surface area contributed by atoms with E-state index in [4.69, 9.17) is 9.47 Å². The number of carboxylic acids is 1. The predicted octanol–water partition coefficient (Wildman–Crippen LogP) is 2.14. The minimum atomic E-state index is -0.838. The maximum absolute atomic E-state index is 12.1. The summed E-state index contributed by atoms with van der Waals surface area (Å²) < 4.78 is 10.6. The Morgan fingerprint density at radius 2 is 1.87 bits per heavy atom. The van der Waals surface area contributed by atoms with Crippen molar-refractivity contribution in [1.82, 2.24) is 4.90 Å². The summed E-state index contributed by atoms with van der Waals surface area (Å²) in [5.74, 6) is -0.761. The third kappa shape index (κ3) is 3.17. The number of carbonyl (C=O) groups is 2. The lowest BCUT2D eigenvalue weighted by atomic mass is 9.66. The Labute approximate surface area is 135 Å². The Balaban J connectivity index is 1.55. The summed E-state index contributed by atoms with van der Waals surface area (Å²) >= 11 is 0. The lowest BCUT2D eigenvalue weighted by molar-refractivity contribution is -0.169. The first-order valence-electron chi connectivity index (χ1n) is 7.88. The minimum Gasteiger partial charge on any atom is -0.481 e. The van der Waals surface area contributed by atoms with Crippen LogP contribution in [0.2, 0.25) is 0 Å². The average Bonchev–Trinajstić information content (AvgIpc) is 2.53. The third-order valence-electron chi connectivity index (χ3n) is 4.84. The standard InChI is InChI=1S/C17H21NO5/c19-15(20)17(14-6-8-22-9-7-14)11-18(12-17)16(21)23-10-13-4-2-1-3-5-13/h1-5,14H,6-12H2,(H,19,20). The van der Waals surface area contributed by atoms with Gasteiger partial charge in [0.1, 0.15) is 12.0 Å². The summed E-state index contributed by atoms with van der Waals surface area (Å²) in [6.07, 6.45) is 1.02. The lowest BCUT2D eigenvalue weighted by Crippen LogP contribution is -2.65. The summed E-state index contributed by atoms with van der Waals surface area (Å²) in [6.45, 7) is 1.84. The average molecular weight is 319 g/mol. The Kier molecular flexibility index (Phi) is 4.52. The van der Waals surface area contributed by atoms with Gasteiger partial charge in [-0.15, -0.1) is 0 Å². The largest absolute Gasteiger partial charge is 0.481 e. The van der Waals surface area contributed by atoms with Crippen LogP contribution in [-0.2, 0) is 20.9 Å². The van der Waals surface area contributed by atoms with Crippen LogP contribution in [-0.4, -0.2) is 48.4 Å². The molecule has 2 aliphatic heterocycles. The molecule has 0 spiro atoms. The van der Waals surface area contributed by atoms with E-state index in [0.29, 0.717) is 13.2 Å². The summed E-state index contributed by atoms with van der Waals surface area (Å²) in [6, 6.07) is 9.43. The zero-order chi connectivity index (χ0) is 16.3. The molecule has 1 aromatic rings. The van der Waals surface area contributed by atoms with Gasteiger partial charge in [0.2, 0.25) is 0 Å². The van der Waals surface area contributed by atoms with E-state index in [1.165, 1.54) is 4.90 Å². The molecule has 2 heterocycles. The van der Waals surface area contributed by atoms with Crippen molar-refractivity contribution in [1.29, 1.82) is 0 Å². The van der Waals surface area contributed by atoms with Crippen LogP contribution in [0, 0.1) is 11.3 Å². The summed E-state index contributed by atoms with van der Waals surface area (Å²) in [4.78, 5) is 25.3. The number of benzene rings is 1. The van der Waals surface area contributed by atoms with Crippen molar-refractivity contribution in [2.24, 2.45) is 11.3 Å². The highest BCUT2D eigenvalue weighted by atomic mass is 16.6. The molecular weight excluding hydrogens is 298 g/mol. The Hall–Kier alpha value is -2.08. The first kappa shape index (κ1) is 15.8. The van der Waals surface area contributed by atoms with Crippen molar-refractivity contribution in [3.63, 3.8) is 0 Å². The van der Waals surface area contributed by atoms with Crippen molar-refractivity contribution >= 4 is 12.1 Å². The highest BCUT2D eigenvalue weighted by molar-refractivity contribution is 5.81. The molecule has 3 rings (SSSR count). The monoisotopic (exact) mass is 319 g/mol. The fraction of sp³-hybridized carbons (Fsp3) is 0.529. The first-order valence-corrected chi connectivity index (χ1v) is 7.88. The summed E-state index contributed by atoms with van der Waals surface area (Å²) in [5, 5.41) is 9.62. The number of rotatable bonds is 4. The number of hydrogen-bond donors (Lipinski definition) is 1. The van der Waals surface area contributed by atoms with E-state index >= 15 is 0 Å². The topological polar surface area (TPSA) is 76.1 Å². The summed E-state index contributed by atoms with van der Waals surface area (Å²) in [5.41, 5.74) is 0.0746. The van der Waals surface area contributed by atoms with Crippen molar-refractivity contribution in [3.05, 3.63) is 35.9 Å². The van der Waals surface area contributed by atoms with Crippen LogP contribution in [0.4, 0.5) is 4.79 Å². The molecule has 0 aromatic heterocycles. The van der Waals surface area contributed by atoms with Gasteiger partial charge >= 0.3 is 12.1 Å². The zero-order valence-corrected chi connectivity index (χ0v) is 12.9. The van der Waals surface area contributed by atoms with E-state index in [2.05, 4.69) is 0 Å². The lowest BCUT2D eigenvalue weighted by Gasteiger charge is -2.51. The molecule has 1 aromatic carbocycles. The van der Waals surface area contributed by atoms with Gasteiger partial charge in [-0.1, -0.05) is 30.3 Å². The second-order valence-electron chi connectivity index (χ2n) is 6.24. The number of aliphatic carboxylic acids is 1. The van der Waals surface area contributed by atoms with Gasteiger partial charge in [0.15, 0.2) is 0 Å². The Bertz CT molecular complexity index is 562. The number of hydrogen-bond acceptors (Lipinski definition) is 4. The fourth-order valence-electron chi connectivity index (χ4n) is 3.39. The molecule has 0 radical (unpaired) electrons. The molecule has 0 atom stereocenters. The molecule has 6 heteroatoms. The van der Waals surface area contributed by atoms with Crippen LogP contribution < -0.4 is 0 Å². The molecular formula is C17H21NO5. The zero-order valence-electron chi connectivity index (χ0n) is 12.9. The molecule has 2 aliphatic rings. The smallest absolute Gasteiger partial charge is 0.410 e. The second kappa shape index (κ2) is 6.58. The van der Waals surface area contributed by atoms with E-state index in [9.17, 15) is 14.7 Å². The number of likely N-dealkylation sites (tertiary alicyclic amines) is 1. The molecule has 0 saturated carbocycles. The van der Waals surface area contributed by atoms with Gasteiger partial charge < -0.3 is 19.5 Å². The van der Waals surface area contributed by atoms with Crippen LogP contribution >= 0.6 is 0 Å². The third-order valence-corrected chi connectivity index (χ3v) is 4.84. The molecule has 124 valence electrons. The van der Waals surface area contributed by atoms with Crippen molar-refractivity contribution < 1.29 is 24.2 Å². The predicted molar refractivity (Wildman–Crippen MR) is 81.8 cm³/mol. The normalized spacial score (nSPS) is 20.6.